The summed E-state index contributed by atoms with van der Waals surface area (Å²) in [5.74, 6) is 0.0537. The van der Waals surface area contributed by atoms with Crippen molar-refractivity contribution in [2.45, 2.75) is 13.2 Å². The van der Waals surface area contributed by atoms with E-state index in [9.17, 15) is 4.79 Å². The highest BCUT2D eigenvalue weighted by Gasteiger charge is 2.13. The van der Waals surface area contributed by atoms with Crippen molar-refractivity contribution in [3.05, 3.63) is 77.7 Å². The average molecular weight is 334 g/mol. The van der Waals surface area contributed by atoms with Crippen LogP contribution in [0.1, 0.15) is 21.7 Å². The minimum Gasteiger partial charge on any atom is -0.489 e. The maximum atomic E-state index is 11.5. The molecule has 0 bridgehead atoms. The molecular formula is C19H18N4O2. The second-order valence-corrected chi connectivity index (χ2v) is 5.42. The third-order valence-corrected chi connectivity index (χ3v) is 3.65. The Labute approximate surface area is 145 Å². The molecule has 3 aromatic rings. The third-order valence-electron chi connectivity index (χ3n) is 3.65. The van der Waals surface area contributed by atoms with E-state index in [1.165, 1.54) is 0 Å². The van der Waals surface area contributed by atoms with Gasteiger partial charge in [-0.05, 0) is 17.7 Å². The lowest BCUT2D eigenvalue weighted by atomic mass is 10.1. The van der Waals surface area contributed by atoms with Gasteiger partial charge in [0.2, 0.25) is 0 Å². The van der Waals surface area contributed by atoms with Gasteiger partial charge >= 0.3 is 0 Å². The topological polar surface area (TPSA) is 104 Å². The van der Waals surface area contributed by atoms with E-state index in [2.05, 4.69) is 9.97 Å². The van der Waals surface area contributed by atoms with E-state index in [0.29, 0.717) is 23.7 Å². The molecule has 1 aromatic heterocycles. The number of rotatable bonds is 6. The van der Waals surface area contributed by atoms with Crippen LogP contribution >= 0.6 is 0 Å². The first-order valence-corrected chi connectivity index (χ1v) is 7.80. The number of primary amides is 1. The molecule has 0 unspecified atom stereocenters. The summed E-state index contributed by atoms with van der Waals surface area (Å²) in [5.41, 5.74) is 13.8. The summed E-state index contributed by atoms with van der Waals surface area (Å²) in [7, 11) is 0. The van der Waals surface area contributed by atoms with E-state index in [-0.39, 0.29) is 12.2 Å². The monoisotopic (exact) mass is 334 g/mol. The highest BCUT2D eigenvalue weighted by Crippen LogP contribution is 2.23. The Morgan fingerprint density at radius 3 is 2.60 bits per heavy atom. The summed E-state index contributed by atoms with van der Waals surface area (Å²) < 4.78 is 5.82. The van der Waals surface area contributed by atoms with Crippen molar-refractivity contribution < 1.29 is 9.53 Å². The van der Waals surface area contributed by atoms with Gasteiger partial charge in [0.25, 0.3) is 5.91 Å². The van der Waals surface area contributed by atoms with Crippen LogP contribution in [0, 0.1) is 0 Å². The fraction of sp³-hybridized carbons (Fsp3) is 0.105. The number of aromatic nitrogens is 2. The molecule has 25 heavy (non-hydrogen) atoms. The molecule has 0 aliphatic carbocycles. The van der Waals surface area contributed by atoms with Crippen molar-refractivity contribution in [1.29, 1.82) is 0 Å². The Kier molecular flexibility index (Phi) is 5.01. The number of amides is 1. The number of nitrogens with zero attached hydrogens (tertiary/aromatic N) is 2. The zero-order valence-electron chi connectivity index (χ0n) is 13.6. The molecule has 0 aliphatic rings. The smallest absolute Gasteiger partial charge is 0.269 e. The molecular weight excluding hydrogens is 316 g/mol. The SMILES string of the molecule is NCc1ncc(-c2cccc(OCc3ccccc3)c2)nc1C(N)=O. The van der Waals surface area contributed by atoms with Crippen molar-refractivity contribution in [2.75, 3.05) is 0 Å². The molecule has 6 heteroatoms. The van der Waals surface area contributed by atoms with Gasteiger partial charge in [-0.1, -0.05) is 42.5 Å². The van der Waals surface area contributed by atoms with Crippen molar-refractivity contribution in [3.63, 3.8) is 0 Å². The standard InChI is InChI=1S/C19H18N4O2/c20-10-16-18(19(21)24)23-17(11-22-16)14-7-4-8-15(9-14)25-12-13-5-2-1-3-6-13/h1-9,11H,10,12,20H2,(H2,21,24). The molecule has 0 saturated heterocycles. The summed E-state index contributed by atoms with van der Waals surface area (Å²) in [6.45, 7) is 0.570. The molecule has 0 radical (unpaired) electrons. The number of benzene rings is 2. The van der Waals surface area contributed by atoms with Gasteiger partial charge in [0.1, 0.15) is 12.4 Å². The number of nitrogens with two attached hydrogens (primary N) is 2. The first-order chi connectivity index (χ1) is 12.2. The predicted molar refractivity (Wildman–Crippen MR) is 94.7 cm³/mol. The molecule has 4 N–H and O–H groups in total. The Morgan fingerprint density at radius 2 is 1.88 bits per heavy atom. The number of hydrogen-bond donors (Lipinski definition) is 2. The molecule has 0 fully saturated rings. The number of carbonyl (C=O) groups excluding carboxylic acids is 1. The third kappa shape index (κ3) is 3.99. The van der Waals surface area contributed by atoms with Gasteiger partial charge in [0, 0.05) is 12.1 Å². The highest BCUT2D eigenvalue weighted by atomic mass is 16.5. The van der Waals surface area contributed by atoms with Crippen LogP contribution in [-0.4, -0.2) is 15.9 Å². The Morgan fingerprint density at radius 1 is 1.08 bits per heavy atom. The van der Waals surface area contributed by atoms with Crippen LogP contribution < -0.4 is 16.2 Å². The molecule has 126 valence electrons. The molecule has 3 rings (SSSR count). The maximum absolute atomic E-state index is 11.5. The molecule has 0 aliphatic heterocycles. The summed E-state index contributed by atoms with van der Waals surface area (Å²) in [5, 5.41) is 0. The summed E-state index contributed by atoms with van der Waals surface area (Å²) in [6.07, 6.45) is 1.57. The van der Waals surface area contributed by atoms with Crippen molar-refractivity contribution in [2.24, 2.45) is 11.5 Å². The lowest BCUT2D eigenvalue weighted by Crippen LogP contribution is -2.19. The van der Waals surface area contributed by atoms with Gasteiger partial charge in [0.05, 0.1) is 17.6 Å². The lowest BCUT2D eigenvalue weighted by molar-refractivity contribution is 0.0994. The van der Waals surface area contributed by atoms with Crippen LogP contribution in [0.25, 0.3) is 11.3 Å². The fourth-order valence-electron chi connectivity index (χ4n) is 2.39. The van der Waals surface area contributed by atoms with Gasteiger partial charge < -0.3 is 16.2 Å². The van der Waals surface area contributed by atoms with Gasteiger partial charge in [-0.2, -0.15) is 0 Å². The Balaban J connectivity index is 1.84. The maximum Gasteiger partial charge on any atom is 0.269 e. The lowest BCUT2D eigenvalue weighted by Gasteiger charge is -2.09. The van der Waals surface area contributed by atoms with Crippen LogP contribution in [0.2, 0.25) is 0 Å². The average Bonchev–Trinajstić information content (AvgIpc) is 2.67. The summed E-state index contributed by atoms with van der Waals surface area (Å²) in [6, 6.07) is 17.3. The van der Waals surface area contributed by atoms with E-state index in [1.54, 1.807) is 6.20 Å². The van der Waals surface area contributed by atoms with E-state index in [4.69, 9.17) is 16.2 Å². The highest BCUT2D eigenvalue weighted by molar-refractivity contribution is 5.92. The fourth-order valence-corrected chi connectivity index (χ4v) is 2.39. The van der Waals surface area contributed by atoms with Crippen molar-refractivity contribution in [1.82, 2.24) is 9.97 Å². The zero-order valence-corrected chi connectivity index (χ0v) is 13.6. The minimum absolute atomic E-state index is 0.0932. The predicted octanol–water partition coefficient (Wildman–Crippen LogP) is 2.28. The largest absolute Gasteiger partial charge is 0.489 e. The second-order valence-electron chi connectivity index (χ2n) is 5.42. The first kappa shape index (κ1) is 16.6. The van der Waals surface area contributed by atoms with Gasteiger partial charge in [-0.3, -0.25) is 9.78 Å². The Hall–Kier alpha value is -3.25. The van der Waals surface area contributed by atoms with E-state index < -0.39 is 5.91 Å². The first-order valence-electron chi connectivity index (χ1n) is 7.80. The van der Waals surface area contributed by atoms with E-state index in [1.807, 2.05) is 54.6 Å². The molecule has 6 nitrogen and oxygen atoms in total. The van der Waals surface area contributed by atoms with Crippen LogP contribution in [-0.2, 0) is 13.2 Å². The van der Waals surface area contributed by atoms with Gasteiger partial charge in [0.15, 0.2) is 5.69 Å². The molecule has 0 atom stereocenters. The van der Waals surface area contributed by atoms with Crippen LogP contribution in [0.5, 0.6) is 5.75 Å². The van der Waals surface area contributed by atoms with Crippen LogP contribution in [0.4, 0.5) is 0 Å². The molecule has 0 spiro atoms. The molecule has 1 amide bonds. The van der Waals surface area contributed by atoms with E-state index in [0.717, 1.165) is 11.1 Å². The number of carbonyl (C=O) groups is 1. The minimum atomic E-state index is -0.647. The van der Waals surface area contributed by atoms with Crippen LogP contribution in [0.15, 0.2) is 60.8 Å². The van der Waals surface area contributed by atoms with Gasteiger partial charge in [-0.25, -0.2) is 4.98 Å². The zero-order chi connectivity index (χ0) is 17.6. The quantitative estimate of drug-likeness (QED) is 0.719. The van der Waals surface area contributed by atoms with Crippen molar-refractivity contribution >= 4 is 5.91 Å². The number of hydrogen-bond acceptors (Lipinski definition) is 5. The summed E-state index contributed by atoms with van der Waals surface area (Å²) in [4.78, 5) is 20.0. The summed E-state index contributed by atoms with van der Waals surface area (Å²) >= 11 is 0. The Bertz CT molecular complexity index is 882. The number of ether oxygens (including phenoxy) is 1. The van der Waals surface area contributed by atoms with Crippen molar-refractivity contribution in [3.8, 4) is 17.0 Å². The molecule has 2 aromatic carbocycles. The van der Waals surface area contributed by atoms with Gasteiger partial charge in [-0.15, -0.1) is 0 Å². The van der Waals surface area contributed by atoms with Crippen LogP contribution in [0.3, 0.4) is 0 Å². The molecule has 0 saturated carbocycles. The second kappa shape index (κ2) is 7.55. The van der Waals surface area contributed by atoms with E-state index >= 15 is 0 Å². The molecule has 1 heterocycles. The normalized spacial score (nSPS) is 10.4.